The fourth-order valence-corrected chi connectivity index (χ4v) is 2.84. The van der Waals surface area contributed by atoms with E-state index in [4.69, 9.17) is 11.6 Å². The second-order valence-electron chi connectivity index (χ2n) is 5.67. The molecular weight excluding hydrogens is 322 g/mol. The monoisotopic (exact) mass is 339 g/mol. The van der Waals surface area contributed by atoms with Gasteiger partial charge in [0.25, 0.3) is 0 Å². The summed E-state index contributed by atoms with van der Waals surface area (Å²) in [5, 5.41) is 5.89. The molecule has 3 rings (SSSR count). The van der Waals surface area contributed by atoms with Crippen molar-refractivity contribution in [2.24, 2.45) is 12.1 Å². The van der Waals surface area contributed by atoms with Crippen molar-refractivity contribution in [3.05, 3.63) is 70.4 Å². The molecule has 0 radical (unpaired) electrons. The van der Waals surface area contributed by atoms with Gasteiger partial charge in [-0.1, -0.05) is 41.9 Å². The third-order valence-corrected chi connectivity index (χ3v) is 4.36. The van der Waals surface area contributed by atoms with Crippen LogP contribution in [0, 0.1) is 6.92 Å². The van der Waals surface area contributed by atoms with Crippen molar-refractivity contribution in [1.29, 1.82) is 0 Å². The molecule has 0 unspecified atom stereocenters. The molecule has 1 aromatic heterocycles. The highest BCUT2D eigenvalue weighted by molar-refractivity contribution is 6.30. The van der Waals surface area contributed by atoms with Crippen molar-refractivity contribution in [3.63, 3.8) is 0 Å². The summed E-state index contributed by atoms with van der Waals surface area (Å²) in [5.41, 5.74) is 6.74. The standard InChI is InChI=1S/C19H18ClN3O/c1-13-17(16-5-3-4-6-18(16)23(13)2)12-21-22-19(24)11-14-7-9-15(20)10-8-14/h3-10,12H,11H2,1-2H3,(H,22,24). The highest BCUT2D eigenvalue weighted by atomic mass is 35.5. The topological polar surface area (TPSA) is 46.4 Å². The summed E-state index contributed by atoms with van der Waals surface area (Å²) >= 11 is 5.84. The highest BCUT2D eigenvalue weighted by Gasteiger charge is 2.09. The van der Waals surface area contributed by atoms with E-state index in [0.29, 0.717) is 5.02 Å². The van der Waals surface area contributed by atoms with Crippen LogP contribution in [0.1, 0.15) is 16.8 Å². The Morgan fingerprint density at radius 2 is 1.92 bits per heavy atom. The van der Waals surface area contributed by atoms with E-state index < -0.39 is 0 Å². The number of nitrogens with zero attached hydrogens (tertiary/aromatic N) is 2. The summed E-state index contributed by atoms with van der Waals surface area (Å²) in [5.74, 6) is -0.161. The molecule has 4 nitrogen and oxygen atoms in total. The van der Waals surface area contributed by atoms with Crippen molar-refractivity contribution in [3.8, 4) is 0 Å². The maximum atomic E-state index is 12.0. The minimum absolute atomic E-state index is 0.161. The Kier molecular flexibility index (Phi) is 4.67. The van der Waals surface area contributed by atoms with Crippen LogP contribution in [-0.4, -0.2) is 16.7 Å². The van der Waals surface area contributed by atoms with E-state index in [0.717, 1.165) is 27.7 Å². The number of hydrogen-bond donors (Lipinski definition) is 1. The van der Waals surface area contributed by atoms with Crippen molar-refractivity contribution in [1.82, 2.24) is 9.99 Å². The van der Waals surface area contributed by atoms with E-state index in [2.05, 4.69) is 27.2 Å². The van der Waals surface area contributed by atoms with Crippen LogP contribution in [0.15, 0.2) is 53.6 Å². The molecule has 1 heterocycles. The average molecular weight is 340 g/mol. The Morgan fingerprint density at radius 1 is 1.21 bits per heavy atom. The first-order chi connectivity index (χ1) is 11.6. The lowest BCUT2D eigenvalue weighted by Crippen LogP contribution is -2.19. The molecule has 5 heteroatoms. The number of fused-ring (bicyclic) bond motifs is 1. The maximum Gasteiger partial charge on any atom is 0.244 e. The quantitative estimate of drug-likeness (QED) is 0.570. The van der Waals surface area contributed by atoms with Gasteiger partial charge in [0.15, 0.2) is 0 Å². The zero-order valence-corrected chi connectivity index (χ0v) is 14.3. The molecule has 1 amide bonds. The molecule has 0 aliphatic carbocycles. The fourth-order valence-electron chi connectivity index (χ4n) is 2.71. The third kappa shape index (κ3) is 3.34. The second-order valence-corrected chi connectivity index (χ2v) is 6.11. The molecule has 0 spiro atoms. The predicted molar refractivity (Wildman–Crippen MR) is 98.5 cm³/mol. The molecule has 2 aromatic carbocycles. The van der Waals surface area contributed by atoms with Crippen LogP contribution in [0.25, 0.3) is 10.9 Å². The lowest BCUT2D eigenvalue weighted by Gasteiger charge is -2.01. The summed E-state index contributed by atoms with van der Waals surface area (Å²) in [7, 11) is 2.02. The van der Waals surface area contributed by atoms with E-state index in [-0.39, 0.29) is 12.3 Å². The van der Waals surface area contributed by atoms with Crippen LogP contribution in [0.2, 0.25) is 5.02 Å². The number of rotatable bonds is 4. The summed E-state index contributed by atoms with van der Waals surface area (Å²) in [6.45, 7) is 2.04. The molecule has 0 bridgehead atoms. The Balaban J connectivity index is 1.71. The van der Waals surface area contributed by atoms with Crippen LogP contribution in [0.5, 0.6) is 0 Å². The number of hydrazone groups is 1. The van der Waals surface area contributed by atoms with Gasteiger partial charge < -0.3 is 4.57 Å². The van der Waals surface area contributed by atoms with Gasteiger partial charge in [0.05, 0.1) is 12.6 Å². The lowest BCUT2D eigenvalue weighted by molar-refractivity contribution is -0.120. The normalized spacial score (nSPS) is 11.3. The molecule has 0 saturated heterocycles. The van der Waals surface area contributed by atoms with Gasteiger partial charge in [-0.2, -0.15) is 5.10 Å². The van der Waals surface area contributed by atoms with Gasteiger partial charge in [0, 0.05) is 34.2 Å². The van der Waals surface area contributed by atoms with Crippen LogP contribution in [0.3, 0.4) is 0 Å². The van der Waals surface area contributed by atoms with Crippen LogP contribution < -0.4 is 5.43 Å². The molecular formula is C19H18ClN3O. The van der Waals surface area contributed by atoms with E-state index in [1.807, 2.05) is 38.2 Å². The van der Waals surface area contributed by atoms with Crippen molar-refractivity contribution in [2.45, 2.75) is 13.3 Å². The van der Waals surface area contributed by atoms with Gasteiger partial charge in [-0.05, 0) is 30.7 Å². The zero-order chi connectivity index (χ0) is 17.1. The van der Waals surface area contributed by atoms with Gasteiger partial charge in [-0.25, -0.2) is 5.43 Å². The van der Waals surface area contributed by atoms with Gasteiger partial charge in [0.2, 0.25) is 5.91 Å². The number of benzene rings is 2. The summed E-state index contributed by atoms with van der Waals surface area (Å²) < 4.78 is 2.12. The number of carbonyl (C=O) groups excluding carboxylic acids is 1. The molecule has 0 fully saturated rings. The van der Waals surface area contributed by atoms with Crippen LogP contribution in [0.4, 0.5) is 0 Å². The fraction of sp³-hybridized carbons (Fsp3) is 0.158. The lowest BCUT2D eigenvalue weighted by atomic mass is 10.1. The Bertz CT molecular complexity index is 910. The molecule has 3 aromatic rings. The maximum absolute atomic E-state index is 12.0. The Labute approximate surface area is 145 Å². The number of para-hydroxylation sites is 1. The van der Waals surface area contributed by atoms with E-state index in [1.165, 1.54) is 0 Å². The Morgan fingerprint density at radius 3 is 2.67 bits per heavy atom. The van der Waals surface area contributed by atoms with E-state index in [1.54, 1.807) is 18.3 Å². The first-order valence-corrected chi connectivity index (χ1v) is 8.04. The van der Waals surface area contributed by atoms with Crippen molar-refractivity contribution in [2.75, 3.05) is 0 Å². The molecule has 122 valence electrons. The molecule has 0 saturated carbocycles. The number of halogens is 1. The molecule has 0 aliphatic heterocycles. The van der Waals surface area contributed by atoms with Crippen molar-refractivity contribution < 1.29 is 4.79 Å². The van der Waals surface area contributed by atoms with Gasteiger partial charge in [-0.15, -0.1) is 0 Å². The van der Waals surface area contributed by atoms with Gasteiger partial charge in [-0.3, -0.25) is 4.79 Å². The van der Waals surface area contributed by atoms with Gasteiger partial charge >= 0.3 is 0 Å². The SMILES string of the molecule is Cc1c(C=NNC(=O)Cc2ccc(Cl)cc2)c2ccccc2n1C. The smallest absolute Gasteiger partial charge is 0.244 e. The number of nitrogens with one attached hydrogen (secondary N) is 1. The van der Waals surface area contributed by atoms with E-state index >= 15 is 0 Å². The largest absolute Gasteiger partial charge is 0.347 e. The van der Waals surface area contributed by atoms with Crippen molar-refractivity contribution >= 4 is 34.6 Å². The number of aromatic nitrogens is 1. The summed E-state index contributed by atoms with van der Waals surface area (Å²) in [4.78, 5) is 12.0. The van der Waals surface area contributed by atoms with Crippen LogP contribution >= 0.6 is 11.6 Å². The molecule has 0 atom stereocenters. The molecule has 24 heavy (non-hydrogen) atoms. The Hall–Kier alpha value is -2.59. The first kappa shape index (κ1) is 16.3. The van der Waals surface area contributed by atoms with Gasteiger partial charge in [0.1, 0.15) is 0 Å². The van der Waals surface area contributed by atoms with Crippen LogP contribution in [-0.2, 0) is 18.3 Å². The average Bonchev–Trinajstić information content (AvgIpc) is 2.82. The number of hydrogen-bond acceptors (Lipinski definition) is 2. The highest BCUT2D eigenvalue weighted by Crippen LogP contribution is 2.22. The van der Waals surface area contributed by atoms with E-state index in [9.17, 15) is 4.79 Å². The molecule has 1 N–H and O–H groups in total. The third-order valence-electron chi connectivity index (χ3n) is 4.11. The number of aryl methyl sites for hydroxylation is 1. The predicted octanol–water partition coefficient (Wildman–Crippen LogP) is 3.83. The minimum Gasteiger partial charge on any atom is -0.347 e. The second kappa shape index (κ2) is 6.89. The summed E-state index contributed by atoms with van der Waals surface area (Å²) in [6, 6.07) is 15.3. The summed E-state index contributed by atoms with van der Waals surface area (Å²) in [6.07, 6.45) is 1.97. The number of carbonyl (C=O) groups is 1. The first-order valence-electron chi connectivity index (χ1n) is 7.66. The zero-order valence-electron chi connectivity index (χ0n) is 13.6. The number of amides is 1. The minimum atomic E-state index is -0.161. The molecule has 0 aliphatic rings.